The van der Waals surface area contributed by atoms with Gasteiger partial charge in [0.1, 0.15) is 17.3 Å². The second-order valence-corrected chi connectivity index (χ2v) is 8.40. The van der Waals surface area contributed by atoms with Crippen LogP contribution in [-0.4, -0.2) is 31.0 Å². The highest BCUT2D eigenvalue weighted by Gasteiger charge is 2.47. The standard InChI is InChI=1S/C28H27NO5/c1-16-9-10-20(13-17(16)2)29-25(19-7-6-8-21(15-19)33-4)24(27(31)28(29)32)26(30)23-12-11-22(34-5)14-18(23)3/h6-15,25,30H,1-5H3/b26-24-. The van der Waals surface area contributed by atoms with Gasteiger partial charge in [0.05, 0.1) is 25.8 Å². The molecule has 0 aromatic heterocycles. The molecule has 174 valence electrons. The number of ether oxygens (including phenoxy) is 2. The third-order valence-electron chi connectivity index (χ3n) is 6.31. The lowest BCUT2D eigenvalue weighted by atomic mass is 9.93. The number of hydrogen-bond acceptors (Lipinski definition) is 5. The van der Waals surface area contributed by atoms with E-state index in [1.165, 1.54) is 4.90 Å². The molecule has 1 unspecified atom stereocenters. The van der Waals surface area contributed by atoms with Gasteiger partial charge in [-0.1, -0.05) is 18.2 Å². The van der Waals surface area contributed by atoms with E-state index >= 15 is 0 Å². The fourth-order valence-corrected chi connectivity index (χ4v) is 4.28. The fraction of sp³-hybridized carbons (Fsp3) is 0.214. The number of rotatable bonds is 5. The molecule has 1 heterocycles. The molecule has 0 radical (unpaired) electrons. The van der Waals surface area contributed by atoms with Crippen LogP contribution in [0.4, 0.5) is 5.69 Å². The van der Waals surface area contributed by atoms with Crippen molar-refractivity contribution in [3.05, 3.63) is 94.1 Å². The van der Waals surface area contributed by atoms with Crippen LogP contribution < -0.4 is 14.4 Å². The largest absolute Gasteiger partial charge is 0.507 e. The first-order valence-electron chi connectivity index (χ1n) is 10.9. The number of benzene rings is 3. The summed E-state index contributed by atoms with van der Waals surface area (Å²) >= 11 is 0. The van der Waals surface area contributed by atoms with Crippen LogP contribution in [0.2, 0.25) is 0 Å². The summed E-state index contributed by atoms with van der Waals surface area (Å²) in [4.78, 5) is 28.2. The molecule has 34 heavy (non-hydrogen) atoms. The second kappa shape index (κ2) is 9.06. The van der Waals surface area contributed by atoms with E-state index in [1.54, 1.807) is 50.6 Å². The molecule has 0 spiro atoms. The van der Waals surface area contributed by atoms with E-state index < -0.39 is 17.7 Å². The summed E-state index contributed by atoms with van der Waals surface area (Å²) in [5.74, 6) is -0.432. The monoisotopic (exact) mass is 457 g/mol. The number of Topliss-reactive ketones (excluding diaryl/α,β-unsaturated/α-hetero) is 1. The quantitative estimate of drug-likeness (QED) is 0.322. The van der Waals surface area contributed by atoms with Crippen molar-refractivity contribution in [1.29, 1.82) is 0 Å². The number of ketones is 1. The van der Waals surface area contributed by atoms with E-state index in [1.807, 2.05) is 45.0 Å². The topological polar surface area (TPSA) is 76.1 Å². The van der Waals surface area contributed by atoms with Gasteiger partial charge in [-0.2, -0.15) is 0 Å². The van der Waals surface area contributed by atoms with Crippen LogP contribution in [0.5, 0.6) is 11.5 Å². The molecule has 1 aliphatic heterocycles. The van der Waals surface area contributed by atoms with E-state index in [2.05, 4.69) is 0 Å². The van der Waals surface area contributed by atoms with Crippen LogP contribution in [0.25, 0.3) is 5.76 Å². The molecule has 6 heteroatoms. The Balaban J connectivity index is 1.97. The number of aliphatic hydroxyl groups excluding tert-OH is 1. The molecule has 1 amide bonds. The Morgan fingerprint density at radius 2 is 1.53 bits per heavy atom. The number of anilines is 1. The molecule has 3 aromatic rings. The van der Waals surface area contributed by atoms with Crippen molar-refractivity contribution in [3.63, 3.8) is 0 Å². The zero-order valence-electron chi connectivity index (χ0n) is 19.9. The Morgan fingerprint density at radius 1 is 0.824 bits per heavy atom. The van der Waals surface area contributed by atoms with Crippen LogP contribution in [0.1, 0.15) is 33.9 Å². The summed E-state index contributed by atoms with van der Waals surface area (Å²) in [5.41, 5.74) is 4.53. The van der Waals surface area contributed by atoms with E-state index in [0.29, 0.717) is 28.3 Å². The molecule has 0 saturated carbocycles. The Labute approximate surface area is 199 Å². The maximum Gasteiger partial charge on any atom is 0.300 e. The van der Waals surface area contributed by atoms with Crippen molar-refractivity contribution in [2.24, 2.45) is 0 Å². The van der Waals surface area contributed by atoms with Gasteiger partial charge < -0.3 is 14.6 Å². The van der Waals surface area contributed by atoms with Gasteiger partial charge in [0.2, 0.25) is 0 Å². The molecule has 6 nitrogen and oxygen atoms in total. The molecule has 0 aliphatic carbocycles. The van der Waals surface area contributed by atoms with Crippen molar-refractivity contribution in [1.82, 2.24) is 0 Å². The number of carbonyl (C=O) groups is 2. The van der Waals surface area contributed by atoms with Crippen LogP contribution >= 0.6 is 0 Å². The molecule has 1 fully saturated rings. The Bertz CT molecular complexity index is 1320. The molecule has 4 rings (SSSR count). The van der Waals surface area contributed by atoms with Crippen LogP contribution in [-0.2, 0) is 9.59 Å². The summed E-state index contributed by atoms with van der Waals surface area (Å²) in [6.45, 7) is 5.76. The number of aryl methyl sites for hydroxylation is 3. The van der Waals surface area contributed by atoms with Crippen molar-refractivity contribution in [3.8, 4) is 11.5 Å². The maximum absolute atomic E-state index is 13.4. The summed E-state index contributed by atoms with van der Waals surface area (Å²) in [7, 11) is 3.12. The van der Waals surface area contributed by atoms with Gasteiger partial charge >= 0.3 is 0 Å². The smallest absolute Gasteiger partial charge is 0.300 e. The number of nitrogens with zero attached hydrogens (tertiary/aromatic N) is 1. The van der Waals surface area contributed by atoms with Crippen LogP contribution in [0.3, 0.4) is 0 Å². The Kier molecular flexibility index (Phi) is 6.16. The van der Waals surface area contributed by atoms with Gasteiger partial charge in [0.15, 0.2) is 0 Å². The van der Waals surface area contributed by atoms with Gasteiger partial charge in [-0.25, -0.2) is 0 Å². The van der Waals surface area contributed by atoms with Gasteiger partial charge in [-0.3, -0.25) is 14.5 Å². The minimum atomic E-state index is -0.821. The first-order chi connectivity index (χ1) is 16.3. The zero-order valence-corrected chi connectivity index (χ0v) is 19.9. The van der Waals surface area contributed by atoms with Gasteiger partial charge in [-0.05, 0) is 85.5 Å². The zero-order chi connectivity index (χ0) is 24.6. The Morgan fingerprint density at radius 3 is 2.18 bits per heavy atom. The van der Waals surface area contributed by atoms with Crippen LogP contribution in [0, 0.1) is 20.8 Å². The van der Waals surface area contributed by atoms with Crippen LogP contribution in [0.15, 0.2) is 66.2 Å². The summed E-state index contributed by atoms with van der Waals surface area (Å²) in [6.07, 6.45) is 0. The molecule has 1 N–H and O–H groups in total. The average molecular weight is 458 g/mol. The highest BCUT2D eigenvalue weighted by Crippen LogP contribution is 2.43. The molecular weight excluding hydrogens is 430 g/mol. The number of amides is 1. The van der Waals surface area contributed by atoms with E-state index in [9.17, 15) is 14.7 Å². The lowest BCUT2D eigenvalue weighted by molar-refractivity contribution is -0.132. The molecule has 0 bridgehead atoms. The van der Waals surface area contributed by atoms with Gasteiger partial charge in [0.25, 0.3) is 11.7 Å². The fourth-order valence-electron chi connectivity index (χ4n) is 4.28. The van der Waals surface area contributed by atoms with Crippen molar-refractivity contribution < 1.29 is 24.2 Å². The van der Waals surface area contributed by atoms with E-state index in [4.69, 9.17) is 9.47 Å². The predicted octanol–water partition coefficient (Wildman–Crippen LogP) is 5.26. The third-order valence-corrected chi connectivity index (χ3v) is 6.31. The molecule has 1 saturated heterocycles. The molecular formula is C28H27NO5. The second-order valence-electron chi connectivity index (χ2n) is 8.40. The summed E-state index contributed by atoms with van der Waals surface area (Å²) in [6, 6.07) is 17.2. The van der Waals surface area contributed by atoms with Crippen molar-refractivity contribution >= 4 is 23.1 Å². The number of hydrogen-bond donors (Lipinski definition) is 1. The molecule has 1 atom stereocenters. The highest BCUT2D eigenvalue weighted by atomic mass is 16.5. The summed E-state index contributed by atoms with van der Waals surface area (Å²) in [5, 5.41) is 11.4. The number of aliphatic hydroxyl groups is 1. The molecule has 1 aliphatic rings. The summed E-state index contributed by atoms with van der Waals surface area (Å²) < 4.78 is 10.7. The lowest BCUT2D eigenvalue weighted by Gasteiger charge is -2.26. The van der Waals surface area contributed by atoms with Gasteiger partial charge in [0, 0.05) is 11.3 Å². The van der Waals surface area contributed by atoms with E-state index in [-0.39, 0.29) is 11.3 Å². The third kappa shape index (κ3) is 3.92. The minimum absolute atomic E-state index is 0.0322. The first kappa shape index (κ1) is 23.1. The SMILES string of the molecule is COc1cccc(C2/C(=C(/O)c3ccc(OC)cc3C)C(=O)C(=O)N2c2ccc(C)c(C)c2)c1. The Hall–Kier alpha value is -4.06. The van der Waals surface area contributed by atoms with Crippen molar-refractivity contribution in [2.75, 3.05) is 19.1 Å². The predicted molar refractivity (Wildman–Crippen MR) is 131 cm³/mol. The van der Waals surface area contributed by atoms with Gasteiger partial charge in [-0.15, -0.1) is 0 Å². The first-order valence-corrected chi connectivity index (χ1v) is 10.9. The number of carbonyl (C=O) groups excluding carboxylic acids is 2. The highest BCUT2D eigenvalue weighted by molar-refractivity contribution is 6.51. The normalized spacial score (nSPS) is 17.2. The van der Waals surface area contributed by atoms with E-state index in [0.717, 1.165) is 16.7 Å². The molecule has 3 aromatic carbocycles. The maximum atomic E-state index is 13.4. The average Bonchev–Trinajstić information content (AvgIpc) is 3.10. The van der Waals surface area contributed by atoms with Crippen molar-refractivity contribution in [2.45, 2.75) is 26.8 Å². The number of methoxy groups -OCH3 is 2. The lowest BCUT2D eigenvalue weighted by Crippen LogP contribution is -2.29. The minimum Gasteiger partial charge on any atom is -0.507 e.